The van der Waals surface area contributed by atoms with Crippen LogP contribution in [0.15, 0.2) is 48.5 Å². The van der Waals surface area contributed by atoms with Crippen LogP contribution in [0.3, 0.4) is 0 Å². The SMILES string of the molecule is CCCCCCCCn1c([C@@H](C)c2ccc(CC(C)C)cc2)nc2ccccc21. The molecule has 1 atom stereocenters. The van der Waals surface area contributed by atoms with Crippen LogP contribution < -0.4 is 0 Å². The van der Waals surface area contributed by atoms with Crippen molar-refractivity contribution in [3.63, 3.8) is 0 Å². The van der Waals surface area contributed by atoms with Crippen LogP contribution >= 0.6 is 0 Å². The average Bonchev–Trinajstić information content (AvgIpc) is 3.09. The highest BCUT2D eigenvalue weighted by Crippen LogP contribution is 2.28. The zero-order valence-corrected chi connectivity index (χ0v) is 18.8. The number of hydrogen-bond acceptors (Lipinski definition) is 1. The third kappa shape index (κ3) is 5.72. The number of para-hydroxylation sites is 2. The summed E-state index contributed by atoms with van der Waals surface area (Å²) in [6.07, 6.45) is 9.08. The topological polar surface area (TPSA) is 17.8 Å². The number of unbranched alkanes of at least 4 members (excludes halogenated alkanes) is 5. The number of nitrogens with zero attached hydrogens (tertiary/aromatic N) is 2. The molecule has 1 heterocycles. The van der Waals surface area contributed by atoms with Gasteiger partial charge in [-0.3, -0.25) is 0 Å². The van der Waals surface area contributed by atoms with E-state index in [2.05, 4.69) is 80.8 Å². The first-order chi connectivity index (χ1) is 14.1. The van der Waals surface area contributed by atoms with Gasteiger partial charge in [-0.05, 0) is 42.0 Å². The van der Waals surface area contributed by atoms with Crippen molar-refractivity contribution in [2.24, 2.45) is 5.92 Å². The molecule has 0 unspecified atom stereocenters. The van der Waals surface area contributed by atoms with Gasteiger partial charge in [0.15, 0.2) is 0 Å². The first-order valence-corrected chi connectivity index (χ1v) is 11.6. The Morgan fingerprint density at radius 1 is 0.828 bits per heavy atom. The summed E-state index contributed by atoms with van der Waals surface area (Å²) in [5, 5.41) is 0. The molecule has 0 radical (unpaired) electrons. The predicted octanol–water partition coefficient (Wildman–Crippen LogP) is 7.75. The monoisotopic (exact) mass is 390 g/mol. The second kappa shape index (κ2) is 10.6. The van der Waals surface area contributed by atoms with Crippen LogP contribution in [0.2, 0.25) is 0 Å². The molecule has 2 nitrogen and oxygen atoms in total. The molecular weight excluding hydrogens is 352 g/mol. The zero-order valence-electron chi connectivity index (χ0n) is 18.8. The van der Waals surface area contributed by atoms with Crippen molar-refractivity contribution >= 4 is 11.0 Å². The molecule has 0 amide bonds. The van der Waals surface area contributed by atoms with E-state index < -0.39 is 0 Å². The molecule has 29 heavy (non-hydrogen) atoms. The standard InChI is InChI=1S/C27H38N2/c1-5-6-7-8-9-12-19-29-26-14-11-10-13-25(26)28-27(29)22(4)24-17-15-23(16-18-24)20-21(2)3/h10-11,13-18,21-22H,5-9,12,19-20H2,1-4H3/t22-/m0/s1. The minimum Gasteiger partial charge on any atom is -0.327 e. The molecule has 0 aliphatic rings. The molecule has 1 aromatic heterocycles. The van der Waals surface area contributed by atoms with Gasteiger partial charge < -0.3 is 4.57 Å². The molecule has 0 aliphatic carbocycles. The molecule has 156 valence electrons. The maximum absolute atomic E-state index is 5.05. The molecule has 3 rings (SSSR count). The Hall–Kier alpha value is -2.09. The highest BCUT2D eigenvalue weighted by Gasteiger charge is 2.18. The number of imidazole rings is 1. The lowest BCUT2D eigenvalue weighted by Crippen LogP contribution is -2.09. The second-order valence-corrected chi connectivity index (χ2v) is 8.94. The fourth-order valence-electron chi connectivity index (χ4n) is 4.27. The smallest absolute Gasteiger partial charge is 0.117 e. The Bertz CT molecular complexity index is 873. The van der Waals surface area contributed by atoms with Gasteiger partial charge in [0.1, 0.15) is 5.82 Å². The van der Waals surface area contributed by atoms with Crippen LogP contribution in [-0.2, 0) is 13.0 Å². The van der Waals surface area contributed by atoms with E-state index in [0.29, 0.717) is 11.8 Å². The Balaban J connectivity index is 1.78. The fourth-order valence-corrected chi connectivity index (χ4v) is 4.27. The maximum Gasteiger partial charge on any atom is 0.117 e. The molecule has 2 heteroatoms. The van der Waals surface area contributed by atoms with Gasteiger partial charge in [0.05, 0.1) is 11.0 Å². The molecule has 0 bridgehead atoms. The van der Waals surface area contributed by atoms with Gasteiger partial charge in [0.2, 0.25) is 0 Å². The Labute approximate surface area is 177 Å². The minimum absolute atomic E-state index is 0.301. The third-order valence-electron chi connectivity index (χ3n) is 5.93. The summed E-state index contributed by atoms with van der Waals surface area (Å²) in [4.78, 5) is 5.05. The fraction of sp³-hybridized carbons (Fsp3) is 0.519. The van der Waals surface area contributed by atoms with E-state index in [0.717, 1.165) is 18.5 Å². The van der Waals surface area contributed by atoms with Gasteiger partial charge in [0.25, 0.3) is 0 Å². The summed E-state index contributed by atoms with van der Waals surface area (Å²) in [6.45, 7) is 10.2. The Kier molecular flexibility index (Phi) is 7.91. The maximum atomic E-state index is 5.05. The van der Waals surface area contributed by atoms with Crippen molar-refractivity contribution in [3.8, 4) is 0 Å². The van der Waals surface area contributed by atoms with Gasteiger partial charge in [0, 0.05) is 12.5 Å². The molecule has 0 N–H and O–H groups in total. The Morgan fingerprint density at radius 3 is 2.24 bits per heavy atom. The molecule has 0 aliphatic heterocycles. The van der Waals surface area contributed by atoms with Gasteiger partial charge in [-0.1, -0.05) is 96.2 Å². The molecular formula is C27H38N2. The van der Waals surface area contributed by atoms with Crippen molar-refractivity contribution in [2.75, 3.05) is 0 Å². The number of aryl methyl sites for hydroxylation is 1. The predicted molar refractivity (Wildman–Crippen MR) is 126 cm³/mol. The van der Waals surface area contributed by atoms with Gasteiger partial charge >= 0.3 is 0 Å². The third-order valence-corrected chi connectivity index (χ3v) is 5.93. The Morgan fingerprint density at radius 2 is 1.52 bits per heavy atom. The molecule has 0 saturated carbocycles. The summed E-state index contributed by atoms with van der Waals surface area (Å²) >= 11 is 0. The van der Waals surface area contributed by atoms with Crippen molar-refractivity contribution < 1.29 is 0 Å². The zero-order chi connectivity index (χ0) is 20.6. The van der Waals surface area contributed by atoms with Crippen LogP contribution in [-0.4, -0.2) is 9.55 Å². The summed E-state index contributed by atoms with van der Waals surface area (Å²) < 4.78 is 2.47. The van der Waals surface area contributed by atoms with Gasteiger partial charge in [-0.15, -0.1) is 0 Å². The molecule has 0 spiro atoms. The molecule has 2 aromatic carbocycles. The van der Waals surface area contributed by atoms with Crippen molar-refractivity contribution in [1.82, 2.24) is 9.55 Å². The van der Waals surface area contributed by atoms with Gasteiger partial charge in [-0.2, -0.15) is 0 Å². The quantitative estimate of drug-likeness (QED) is 0.306. The van der Waals surface area contributed by atoms with E-state index in [9.17, 15) is 0 Å². The van der Waals surface area contributed by atoms with Crippen LogP contribution in [0, 0.1) is 5.92 Å². The molecule has 0 fully saturated rings. The summed E-state index contributed by atoms with van der Waals surface area (Å²) in [7, 11) is 0. The van der Waals surface area contributed by atoms with E-state index in [1.807, 2.05) is 0 Å². The van der Waals surface area contributed by atoms with Crippen molar-refractivity contribution in [1.29, 1.82) is 0 Å². The number of benzene rings is 2. The van der Waals surface area contributed by atoms with E-state index >= 15 is 0 Å². The molecule has 3 aromatic rings. The van der Waals surface area contributed by atoms with Crippen molar-refractivity contribution in [3.05, 3.63) is 65.5 Å². The van der Waals surface area contributed by atoms with Crippen molar-refractivity contribution in [2.45, 2.75) is 85.1 Å². The highest BCUT2D eigenvalue weighted by atomic mass is 15.1. The van der Waals surface area contributed by atoms with Gasteiger partial charge in [-0.25, -0.2) is 4.98 Å². The summed E-state index contributed by atoms with van der Waals surface area (Å²) in [6, 6.07) is 17.8. The lowest BCUT2D eigenvalue weighted by atomic mass is 9.96. The van der Waals surface area contributed by atoms with Crippen LogP contribution in [0.5, 0.6) is 0 Å². The average molecular weight is 391 g/mol. The molecule has 0 saturated heterocycles. The number of hydrogen-bond donors (Lipinski definition) is 0. The first kappa shape index (κ1) is 21.6. The normalized spacial score (nSPS) is 12.7. The number of rotatable bonds is 11. The highest BCUT2D eigenvalue weighted by molar-refractivity contribution is 5.76. The lowest BCUT2D eigenvalue weighted by molar-refractivity contribution is 0.548. The number of fused-ring (bicyclic) bond motifs is 1. The largest absolute Gasteiger partial charge is 0.327 e. The first-order valence-electron chi connectivity index (χ1n) is 11.6. The summed E-state index contributed by atoms with van der Waals surface area (Å²) in [5.74, 6) is 2.20. The van der Waals surface area contributed by atoms with E-state index in [1.165, 1.54) is 61.0 Å². The minimum atomic E-state index is 0.301. The van der Waals surface area contributed by atoms with E-state index in [-0.39, 0.29) is 0 Å². The van der Waals surface area contributed by atoms with E-state index in [1.54, 1.807) is 0 Å². The van der Waals surface area contributed by atoms with Crippen LogP contribution in [0.25, 0.3) is 11.0 Å². The van der Waals surface area contributed by atoms with Crippen LogP contribution in [0.4, 0.5) is 0 Å². The summed E-state index contributed by atoms with van der Waals surface area (Å²) in [5.41, 5.74) is 5.18. The number of aromatic nitrogens is 2. The second-order valence-electron chi connectivity index (χ2n) is 8.94. The van der Waals surface area contributed by atoms with E-state index in [4.69, 9.17) is 4.98 Å². The van der Waals surface area contributed by atoms with Crippen LogP contribution in [0.1, 0.15) is 89.1 Å². The lowest BCUT2D eigenvalue weighted by Gasteiger charge is -2.16.